The number of carbonyl (C=O) groups excluding carboxylic acids is 1. The summed E-state index contributed by atoms with van der Waals surface area (Å²) in [5.74, 6) is 1.05. The molecule has 2 saturated carbocycles. The van der Waals surface area contributed by atoms with Gasteiger partial charge in [-0.2, -0.15) is 0 Å². The number of benzene rings is 1. The van der Waals surface area contributed by atoms with Crippen LogP contribution >= 0.6 is 0 Å². The van der Waals surface area contributed by atoms with Gasteiger partial charge in [0.2, 0.25) is 5.91 Å². The van der Waals surface area contributed by atoms with E-state index in [-0.39, 0.29) is 11.3 Å². The molecule has 102 valence electrons. The Morgan fingerprint density at radius 1 is 1.37 bits per heavy atom. The van der Waals surface area contributed by atoms with Gasteiger partial charge in [-0.3, -0.25) is 4.79 Å². The average molecular weight is 258 g/mol. The molecule has 3 heteroatoms. The Balaban J connectivity index is 1.66. The molecule has 19 heavy (non-hydrogen) atoms. The van der Waals surface area contributed by atoms with Gasteiger partial charge in [-0.1, -0.05) is 25.0 Å². The van der Waals surface area contributed by atoms with Crippen molar-refractivity contribution in [2.24, 2.45) is 5.92 Å². The lowest BCUT2D eigenvalue weighted by Gasteiger charge is -2.20. The molecule has 0 saturated heterocycles. The van der Waals surface area contributed by atoms with Crippen LogP contribution in [0.1, 0.15) is 44.6 Å². The molecule has 0 heterocycles. The molecule has 0 spiro atoms. The zero-order valence-electron chi connectivity index (χ0n) is 11.5. The molecule has 3 nitrogen and oxygen atoms in total. The van der Waals surface area contributed by atoms with E-state index in [0.717, 1.165) is 36.4 Å². The van der Waals surface area contributed by atoms with Crippen LogP contribution < -0.4 is 11.1 Å². The standard InChI is InChI=1S/C16H22N2O/c1-11(10-12-2-3-12)18-15(19)16(8-9-16)13-4-6-14(17)7-5-13/h4-7,11-12H,2-3,8-10,17H2,1H3,(H,18,19). The first-order valence-corrected chi connectivity index (χ1v) is 7.27. The second-order valence-corrected chi connectivity index (χ2v) is 6.26. The third-order valence-corrected chi connectivity index (χ3v) is 4.41. The van der Waals surface area contributed by atoms with Crippen molar-refractivity contribution in [2.75, 3.05) is 5.73 Å². The van der Waals surface area contributed by atoms with E-state index in [1.807, 2.05) is 24.3 Å². The van der Waals surface area contributed by atoms with E-state index in [0.29, 0.717) is 6.04 Å². The monoisotopic (exact) mass is 258 g/mol. The minimum Gasteiger partial charge on any atom is -0.399 e. The molecule has 3 N–H and O–H groups in total. The summed E-state index contributed by atoms with van der Waals surface area (Å²) in [6.45, 7) is 2.12. The van der Waals surface area contributed by atoms with Crippen molar-refractivity contribution in [1.29, 1.82) is 0 Å². The molecule has 0 aliphatic heterocycles. The molecule has 1 aromatic rings. The van der Waals surface area contributed by atoms with E-state index in [1.54, 1.807) is 0 Å². The van der Waals surface area contributed by atoms with Crippen LogP contribution in [0.5, 0.6) is 0 Å². The van der Waals surface area contributed by atoms with Crippen LogP contribution in [0.3, 0.4) is 0 Å². The topological polar surface area (TPSA) is 55.1 Å². The van der Waals surface area contributed by atoms with Crippen molar-refractivity contribution in [3.05, 3.63) is 29.8 Å². The Labute approximate surface area is 114 Å². The van der Waals surface area contributed by atoms with Crippen molar-refractivity contribution in [3.8, 4) is 0 Å². The normalized spacial score (nSPS) is 21.7. The first kappa shape index (κ1) is 12.5. The van der Waals surface area contributed by atoms with Crippen LogP contribution in [-0.4, -0.2) is 11.9 Å². The second kappa shape index (κ2) is 4.55. The summed E-state index contributed by atoms with van der Waals surface area (Å²) in [5, 5.41) is 3.20. The summed E-state index contributed by atoms with van der Waals surface area (Å²) in [4.78, 5) is 12.5. The third-order valence-electron chi connectivity index (χ3n) is 4.41. The van der Waals surface area contributed by atoms with E-state index < -0.39 is 0 Å². The maximum absolute atomic E-state index is 12.5. The van der Waals surface area contributed by atoms with Gasteiger partial charge >= 0.3 is 0 Å². The fraction of sp³-hybridized carbons (Fsp3) is 0.562. The van der Waals surface area contributed by atoms with Gasteiger partial charge in [0.25, 0.3) is 0 Å². The number of amides is 1. The van der Waals surface area contributed by atoms with Crippen LogP contribution in [0.25, 0.3) is 0 Å². The van der Waals surface area contributed by atoms with Gasteiger partial charge in [0.05, 0.1) is 5.41 Å². The lowest BCUT2D eigenvalue weighted by Crippen LogP contribution is -2.40. The lowest BCUT2D eigenvalue weighted by molar-refractivity contribution is -0.124. The Morgan fingerprint density at radius 3 is 2.53 bits per heavy atom. The molecular weight excluding hydrogens is 236 g/mol. The minimum atomic E-state index is -0.272. The molecule has 1 atom stereocenters. The summed E-state index contributed by atoms with van der Waals surface area (Å²) < 4.78 is 0. The van der Waals surface area contributed by atoms with Gasteiger partial charge in [-0.15, -0.1) is 0 Å². The summed E-state index contributed by atoms with van der Waals surface area (Å²) in [7, 11) is 0. The van der Waals surface area contributed by atoms with Gasteiger partial charge in [0.1, 0.15) is 0 Å². The van der Waals surface area contributed by atoms with Crippen molar-refractivity contribution in [2.45, 2.75) is 50.5 Å². The summed E-state index contributed by atoms with van der Waals surface area (Å²) in [5.41, 5.74) is 7.30. The number of rotatable bonds is 5. The van der Waals surface area contributed by atoms with Gasteiger partial charge in [0.15, 0.2) is 0 Å². The molecule has 0 radical (unpaired) electrons. The van der Waals surface area contributed by atoms with Crippen molar-refractivity contribution in [3.63, 3.8) is 0 Å². The first-order valence-electron chi connectivity index (χ1n) is 7.27. The minimum absolute atomic E-state index is 0.199. The molecule has 3 rings (SSSR count). The Bertz CT molecular complexity index is 472. The Kier molecular flexibility index (Phi) is 3.00. The van der Waals surface area contributed by atoms with Crippen LogP contribution in [0, 0.1) is 5.92 Å². The van der Waals surface area contributed by atoms with E-state index in [9.17, 15) is 4.79 Å². The number of hydrogen-bond donors (Lipinski definition) is 2. The fourth-order valence-electron chi connectivity index (χ4n) is 2.85. The highest BCUT2D eigenvalue weighted by atomic mass is 16.2. The molecule has 2 fully saturated rings. The summed E-state index contributed by atoms with van der Waals surface area (Å²) >= 11 is 0. The van der Waals surface area contributed by atoms with E-state index in [1.165, 1.54) is 12.8 Å². The van der Waals surface area contributed by atoms with Crippen LogP contribution in [0.15, 0.2) is 24.3 Å². The van der Waals surface area contributed by atoms with Gasteiger partial charge in [-0.05, 0) is 49.8 Å². The van der Waals surface area contributed by atoms with E-state index >= 15 is 0 Å². The molecule has 1 aromatic carbocycles. The van der Waals surface area contributed by atoms with Crippen LogP contribution in [-0.2, 0) is 10.2 Å². The van der Waals surface area contributed by atoms with Crippen LogP contribution in [0.4, 0.5) is 5.69 Å². The van der Waals surface area contributed by atoms with Gasteiger partial charge in [-0.25, -0.2) is 0 Å². The highest BCUT2D eigenvalue weighted by Gasteiger charge is 2.51. The number of hydrogen-bond acceptors (Lipinski definition) is 2. The number of nitrogens with one attached hydrogen (secondary N) is 1. The quantitative estimate of drug-likeness (QED) is 0.798. The number of anilines is 1. The molecular formula is C16H22N2O. The highest BCUT2D eigenvalue weighted by molar-refractivity contribution is 5.91. The highest BCUT2D eigenvalue weighted by Crippen LogP contribution is 2.48. The number of nitrogen functional groups attached to an aromatic ring is 1. The molecule has 2 aliphatic carbocycles. The zero-order chi connectivity index (χ0) is 13.5. The van der Waals surface area contributed by atoms with E-state index in [4.69, 9.17) is 5.73 Å². The third kappa shape index (κ3) is 2.60. The predicted octanol–water partition coefficient (Wildman–Crippen LogP) is 2.61. The van der Waals surface area contributed by atoms with E-state index in [2.05, 4.69) is 12.2 Å². The molecule has 2 aliphatic rings. The summed E-state index contributed by atoms with van der Waals surface area (Å²) in [6.07, 6.45) is 5.72. The van der Waals surface area contributed by atoms with Gasteiger partial charge < -0.3 is 11.1 Å². The van der Waals surface area contributed by atoms with Crippen molar-refractivity contribution >= 4 is 11.6 Å². The largest absolute Gasteiger partial charge is 0.399 e. The Hall–Kier alpha value is -1.51. The molecule has 0 bridgehead atoms. The molecule has 1 unspecified atom stereocenters. The maximum Gasteiger partial charge on any atom is 0.230 e. The number of nitrogens with two attached hydrogens (primary N) is 1. The van der Waals surface area contributed by atoms with Crippen molar-refractivity contribution < 1.29 is 4.79 Å². The van der Waals surface area contributed by atoms with Crippen molar-refractivity contribution in [1.82, 2.24) is 5.32 Å². The molecule has 0 aromatic heterocycles. The smallest absolute Gasteiger partial charge is 0.230 e. The lowest BCUT2D eigenvalue weighted by atomic mass is 9.94. The zero-order valence-corrected chi connectivity index (χ0v) is 11.5. The average Bonchev–Trinajstić information content (AvgIpc) is 3.24. The second-order valence-electron chi connectivity index (χ2n) is 6.26. The van der Waals surface area contributed by atoms with Crippen LogP contribution in [0.2, 0.25) is 0 Å². The number of carbonyl (C=O) groups is 1. The summed E-state index contributed by atoms with van der Waals surface area (Å²) in [6, 6.07) is 8.05. The Morgan fingerprint density at radius 2 is 2.00 bits per heavy atom. The SMILES string of the molecule is CC(CC1CC1)NC(=O)C1(c2ccc(N)cc2)CC1. The first-order chi connectivity index (χ1) is 9.10. The fourth-order valence-corrected chi connectivity index (χ4v) is 2.85. The predicted molar refractivity (Wildman–Crippen MR) is 76.7 cm³/mol. The van der Waals surface area contributed by atoms with Gasteiger partial charge in [0, 0.05) is 11.7 Å². The molecule has 1 amide bonds. The maximum atomic E-state index is 12.5.